The molecule has 0 aliphatic heterocycles. The fraction of sp³-hybridized carbons (Fsp3) is 0.615. The molecule has 96 valence electrons. The number of nitrogens with zero attached hydrogens (tertiary/aromatic N) is 1. The van der Waals surface area contributed by atoms with Crippen molar-refractivity contribution in [2.24, 2.45) is 0 Å². The molecule has 0 saturated heterocycles. The van der Waals surface area contributed by atoms with E-state index in [2.05, 4.69) is 0 Å². The summed E-state index contributed by atoms with van der Waals surface area (Å²) in [6.07, 6.45) is 5.13. The van der Waals surface area contributed by atoms with Crippen LogP contribution < -0.4 is 51.4 Å². The number of aryl methyl sites for hydroxylation is 2. The molecular formula is C13H20KNO3. The summed E-state index contributed by atoms with van der Waals surface area (Å²) in [7, 11) is 0. The number of rotatable bonds is 2. The first kappa shape index (κ1) is 16.4. The van der Waals surface area contributed by atoms with Crippen LogP contribution in [0.25, 0.3) is 0 Å². The van der Waals surface area contributed by atoms with Crippen LogP contribution in [0.2, 0.25) is 0 Å². The second-order valence-corrected chi connectivity index (χ2v) is 4.77. The number of hydroxylamine groups is 2. The summed E-state index contributed by atoms with van der Waals surface area (Å²) in [5.41, 5.74) is 0.468. The summed E-state index contributed by atoms with van der Waals surface area (Å²) in [5, 5.41) is 10.9. The van der Waals surface area contributed by atoms with Crippen LogP contribution in [0.1, 0.15) is 55.4 Å². The fourth-order valence-electron chi connectivity index (χ4n) is 2.46. The molecule has 1 amide bonds. The van der Waals surface area contributed by atoms with Crippen LogP contribution in [0.3, 0.4) is 0 Å². The molecule has 2 rings (SSSR count). The number of furan rings is 1. The third-order valence-electron chi connectivity index (χ3n) is 3.40. The predicted molar refractivity (Wildman–Crippen MR) is 64.1 cm³/mol. The molecule has 0 unspecified atom stereocenters. The van der Waals surface area contributed by atoms with Crippen LogP contribution in [-0.2, 0) is 0 Å². The van der Waals surface area contributed by atoms with Gasteiger partial charge in [-0.05, 0) is 32.8 Å². The monoisotopic (exact) mass is 277 g/mol. The second kappa shape index (κ2) is 7.21. The molecule has 0 atom stereocenters. The van der Waals surface area contributed by atoms with Crippen LogP contribution in [0.15, 0.2) is 10.5 Å². The van der Waals surface area contributed by atoms with Gasteiger partial charge in [0.15, 0.2) is 0 Å². The molecule has 0 spiro atoms. The Balaban J connectivity index is 0.00000162. The van der Waals surface area contributed by atoms with E-state index in [0.29, 0.717) is 17.1 Å². The van der Waals surface area contributed by atoms with Crippen LogP contribution in [0.5, 0.6) is 0 Å². The van der Waals surface area contributed by atoms with Gasteiger partial charge >= 0.3 is 51.4 Å². The van der Waals surface area contributed by atoms with Crippen molar-refractivity contribution in [2.45, 2.75) is 52.0 Å². The summed E-state index contributed by atoms with van der Waals surface area (Å²) >= 11 is 0. The van der Waals surface area contributed by atoms with Gasteiger partial charge in [-0.25, -0.2) is 5.06 Å². The van der Waals surface area contributed by atoms with Crippen molar-refractivity contribution in [1.29, 1.82) is 0 Å². The van der Waals surface area contributed by atoms with E-state index >= 15 is 0 Å². The van der Waals surface area contributed by atoms with Gasteiger partial charge in [-0.1, -0.05) is 19.3 Å². The average molecular weight is 277 g/mol. The SMILES string of the molecule is Cc1cc(C(=O)N(O)C2CCCCC2)c(C)o1.[H-].[K+]. The minimum Gasteiger partial charge on any atom is -1.00 e. The summed E-state index contributed by atoms with van der Waals surface area (Å²) in [4.78, 5) is 12.1. The molecule has 0 bridgehead atoms. The van der Waals surface area contributed by atoms with E-state index in [-0.39, 0.29) is 64.8 Å². The van der Waals surface area contributed by atoms with E-state index in [1.807, 2.05) is 0 Å². The van der Waals surface area contributed by atoms with Gasteiger partial charge < -0.3 is 5.84 Å². The van der Waals surface area contributed by atoms with Gasteiger partial charge in [0.2, 0.25) is 0 Å². The molecule has 1 heterocycles. The van der Waals surface area contributed by atoms with Gasteiger partial charge in [-0.15, -0.1) is 0 Å². The molecule has 1 aliphatic carbocycles. The summed E-state index contributed by atoms with van der Waals surface area (Å²) in [5.74, 6) is 0.927. The predicted octanol–water partition coefficient (Wildman–Crippen LogP) is 0.177. The van der Waals surface area contributed by atoms with Gasteiger partial charge in [0.1, 0.15) is 11.5 Å². The molecule has 0 aromatic carbocycles. The molecule has 18 heavy (non-hydrogen) atoms. The number of amides is 1. The summed E-state index contributed by atoms with van der Waals surface area (Å²) in [6, 6.07) is 1.65. The average Bonchev–Trinajstić information content (AvgIpc) is 2.68. The topological polar surface area (TPSA) is 53.7 Å². The third-order valence-corrected chi connectivity index (χ3v) is 3.40. The smallest absolute Gasteiger partial charge is 1.00 e. The van der Waals surface area contributed by atoms with Gasteiger partial charge in [0.05, 0.1) is 11.6 Å². The summed E-state index contributed by atoms with van der Waals surface area (Å²) < 4.78 is 5.31. The van der Waals surface area contributed by atoms with Crippen molar-refractivity contribution in [3.05, 3.63) is 23.2 Å². The molecule has 1 N–H and O–H groups in total. The second-order valence-electron chi connectivity index (χ2n) is 4.77. The van der Waals surface area contributed by atoms with E-state index in [1.54, 1.807) is 19.9 Å². The number of carbonyl (C=O) groups is 1. The van der Waals surface area contributed by atoms with Crippen molar-refractivity contribution >= 4 is 5.91 Å². The first-order valence-corrected chi connectivity index (χ1v) is 6.19. The number of carbonyl (C=O) groups excluding carboxylic acids is 1. The van der Waals surface area contributed by atoms with Crippen molar-refractivity contribution in [3.8, 4) is 0 Å². The Morgan fingerprint density at radius 1 is 1.39 bits per heavy atom. The van der Waals surface area contributed by atoms with Gasteiger partial charge in [-0.2, -0.15) is 0 Å². The Bertz CT molecular complexity index is 416. The Kier molecular flexibility index (Phi) is 6.57. The number of hydrogen-bond acceptors (Lipinski definition) is 3. The first-order valence-electron chi connectivity index (χ1n) is 6.19. The fourth-order valence-corrected chi connectivity index (χ4v) is 2.46. The molecule has 1 aromatic rings. The van der Waals surface area contributed by atoms with E-state index in [4.69, 9.17) is 4.42 Å². The molecule has 5 heteroatoms. The van der Waals surface area contributed by atoms with Crippen LogP contribution in [-0.4, -0.2) is 22.2 Å². The van der Waals surface area contributed by atoms with Crippen molar-refractivity contribution in [1.82, 2.24) is 5.06 Å². The van der Waals surface area contributed by atoms with Crippen molar-refractivity contribution in [2.75, 3.05) is 0 Å². The molecule has 1 fully saturated rings. The standard InChI is InChI=1S/C13H19NO3.K.H/c1-9-8-12(10(2)17-9)13(15)14(16)11-6-4-3-5-7-11;;/h8,11,16H,3-7H2,1-2H3;;/q;+1;-1. The van der Waals surface area contributed by atoms with Crippen LogP contribution in [0, 0.1) is 13.8 Å². The Morgan fingerprint density at radius 3 is 2.50 bits per heavy atom. The Morgan fingerprint density at radius 2 is 2.00 bits per heavy atom. The van der Waals surface area contributed by atoms with Crippen LogP contribution >= 0.6 is 0 Å². The van der Waals surface area contributed by atoms with E-state index in [0.717, 1.165) is 30.7 Å². The molecule has 1 aromatic heterocycles. The quantitative estimate of drug-likeness (QED) is 0.476. The van der Waals surface area contributed by atoms with E-state index < -0.39 is 0 Å². The molecule has 4 nitrogen and oxygen atoms in total. The number of hydrogen-bond donors (Lipinski definition) is 1. The maximum atomic E-state index is 12.1. The normalized spacial score (nSPS) is 16.2. The molecule has 1 aliphatic rings. The molecular weight excluding hydrogens is 257 g/mol. The van der Waals surface area contributed by atoms with Gasteiger partial charge in [-0.3, -0.25) is 10.0 Å². The maximum Gasteiger partial charge on any atom is 1.00 e. The zero-order chi connectivity index (χ0) is 12.4. The summed E-state index contributed by atoms with van der Waals surface area (Å²) in [6.45, 7) is 3.54. The van der Waals surface area contributed by atoms with Crippen LogP contribution in [0.4, 0.5) is 0 Å². The van der Waals surface area contributed by atoms with Gasteiger partial charge in [0.25, 0.3) is 5.91 Å². The first-order chi connectivity index (χ1) is 8.09. The third kappa shape index (κ3) is 3.68. The Hall–Kier alpha value is 0.346. The zero-order valence-electron chi connectivity index (χ0n) is 12.4. The Labute approximate surface area is 152 Å². The maximum absolute atomic E-state index is 12.1. The zero-order valence-corrected chi connectivity index (χ0v) is 14.5. The van der Waals surface area contributed by atoms with E-state index in [1.165, 1.54) is 6.42 Å². The minimum atomic E-state index is -0.341. The van der Waals surface area contributed by atoms with Gasteiger partial charge in [0, 0.05) is 0 Å². The van der Waals surface area contributed by atoms with Crippen molar-refractivity contribution in [3.63, 3.8) is 0 Å². The minimum absolute atomic E-state index is 0. The van der Waals surface area contributed by atoms with E-state index in [9.17, 15) is 10.0 Å². The molecule has 0 radical (unpaired) electrons. The molecule has 1 saturated carbocycles. The largest absolute Gasteiger partial charge is 1.00 e. The van der Waals surface area contributed by atoms with Crippen molar-refractivity contribution < 1.29 is 67.2 Å².